The summed E-state index contributed by atoms with van der Waals surface area (Å²) in [6.45, 7) is 6.44. The molecule has 5 nitrogen and oxygen atoms in total. The fraction of sp³-hybridized carbons (Fsp3) is 0.600. The maximum absolute atomic E-state index is 12.5. The van der Waals surface area contributed by atoms with Gasteiger partial charge >= 0.3 is 0 Å². The lowest BCUT2D eigenvalue weighted by Gasteiger charge is -2.34. The van der Waals surface area contributed by atoms with E-state index in [4.69, 9.17) is 4.74 Å². The molecule has 0 aromatic heterocycles. The van der Waals surface area contributed by atoms with Crippen LogP contribution in [0.1, 0.15) is 26.7 Å². The Morgan fingerprint density at radius 3 is 2.60 bits per heavy atom. The molecule has 2 rings (SSSR count). The monoisotopic (exact) mass is 280 g/mol. The molecule has 1 unspecified atom stereocenters. The lowest BCUT2D eigenvalue weighted by atomic mass is 9.75. The van der Waals surface area contributed by atoms with E-state index in [2.05, 4.69) is 6.58 Å². The van der Waals surface area contributed by atoms with Gasteiger partial charge in [0.2, 0.25) is 0 Å². The van der Waals surface area contributed by atoms with Crippen molar-refractivity contribution in [1.29, 1.82) is 0 Å². The minimum absolute atomic E-state index is 0.100. The second-order valence-electron chi connectivity index (χ2n) is 5.94. The number of aliphatic hydroxyl groups is 2. The van der Waals surface area contributed by atoms with Crippen molar-refractivity contribution in [3.05, 3.63) is 24.3 Å². The Morgan fingerprint density at radius 2 is 2.15 bits per heavy atom. The largest absolute Gasteiger partial charge is 0.395 e. The number of ether oxygens (including phenoxy) is 1. The van der Waals surface area contributed by atoms with Gasteiger partial charge in [-0.25, -0.2) is 0 Å². The summed E-state index contributed by atoms with van der Waals surface area (Å²) in [5.41, 5.74) is -1.78. The van der Waals surface area contributed by atoms with Crippen LogP contribution in [-0.4, -0.2) is 45.7 Å². The Hall–Kier alpha value is -1.30. The van der Waals surface area contributed by atoms with Crippen molar-refractivity contribution < 1.29 is 24.5 Å². The molecular formula is C15H20O5. The predicted octanol–water partition coefficient (Wildman–Crippen LogP) is 0.548. The molecule has 110 valence electrons. The summed E-state index contributed by atoms with van der Waals surface area (Å²) in [7, 11) is 0. The fourth-order valence-electron chi connectivity index (χ4n) is 2.89. The van der Waals surface area contributed by atoms with Crippen LogP contribution in [0.2, 0.25) is 0 Å². The van der Waals surface area contributed by atoms with Crippen LogP contribution in [0.3, 0.4) is 0 Å². The van der Waals surface area contributed by atoms with Crippen LogP contribution >= 0.6 is 0 Å². The van der Waals surface area contributed by atoms with E-state index in [-0.39, 0.29) is 12.2 Å². The van der Waals surface area contributed by atoms with Gasteiger partial charge in [-0.15, -0.1) is 6.58 Å². The van der Waals surface area contributed by atoms with E-state index in [1.165, 1.54) is 6.08 Å². The summed E-state index contributed by atoms with van der Waals surface area (Å²) < 4.78 is 5.79. The van der Waals surface area contributed by atoms with Crippen molar-refractivity contribution in [1.82, 2.24) is 0 Å². The Balaban J connectivity index is 2.49. The second kappa shape index (κ2) is 4.91. The normalized spacial score (nSPS) is 36.3. The van der Waals surface area contributed by atoms with Crippen LogP contribution in [0.5, 0.6) is 0 Å². The summed E-state index contributed by atoms with van der Waals surface area (Å²) in [5, 5.41) is 19.4. The van der Waals surface area contributed by atoms with E-state index >= 15 is 0 Å². The van der Waals surface area contributed by atoms with E-state index in [1.54, 1.807) is 19.9 Å². The first-order valence-electron chi connectivity index (χ1n) is 6.67. The maximum atomic E-state index is 12.5. The van der Waals surface area contributed by atoms with Crippen LogP contribution in [-0.2, 0) is 14.3 Å². The molecule has 0 amide bonds. The number of Topliss-reactive ketones (excluding diaryl/α,β-unsaturated/α-hetero) is 2. The van der Waals surface area contributed by atoms with Crippen LogP contribution < -0.4 is 0 Å². The molecule has 1 aliphatic heterocycles. The van der Waals surface area contributed by atoms with E-state index in [0.717, 1.165) is 0 Å². The highest BCUT2D eigenvalue weighted by molar-refractivity contribution is 6.17. The van der Waals surface area contributed by atoms with E-state index < -0.39 is 35.6 Å². The number of rotatable bonds is 3. The number of hydrogen-bond donors (Lipinski definition) is 2. The number of carbonyl (C=O) groups is 2. The summed E-state index contributed by atoms with van der Waals surface area (Å²) in [6.07, 6.45) is 2.68. The molecule has 1 heterocycles. The standard InChI is InChI=1S/C15H20O5/c1-4-5-9-6-15(7-11(17)14(2,3)20-15)13(19)10(8-16)12(9)18/h4,6,10-11,16-17H,1,5,7-8H2,2-3H3/t10?,11-,15+/m1/s1. The Kier molecular flexibility index (Phi) is 3.71. The Morgan fingerprint density at radius 1 is 1.50 bits per heavy atom. The van der Waals surface area contributed by atoms with Gasteiger partial charge in [-0.05, 0) is 31.9 Å². The number of carbonyl (C=O) groups excluding carboxylic acids is 2. The predicted molar refractivity (Wildman–Crippen MR) is 72.0 cm³/mol. The average Bonchev–Trinajstić information content (AvgIpc) is 2.59. The van der Waals surface area contributed by atoms with Crippen molar-refractivity contribution in [2.24, 2.45) is 5.92 Å². The molecule has 1 fully saturated rings. The van der Waals surface area contributed by atoms with Crippen molar-refractivity contribution in [3.8, 4) is 0 Å². The number of hydrogen-bond acceptors (Lipinski definition) is 5. The highest BCUT2D eigenvalue weighted by Crippen LogP contribution is 2.44. The molecule has 0 saturated carbocycles. The molecule has 0 bridgehead atoms. The lowest BCUT2D eigenvalue weighted by molar-refractivity contribution is -0.154. The third kappa shape index (κ3) is 2.16. The summed E-state index contributed by atoms with van der Waals surface area (Å²) in [4.78, 5) is 24.6. The number of allylic oxidation sites excluding steroid dienone is 2. The zero-order valence-electron chi connectivity index (χ0n) is 11.8. The molecule has 0 radical (unpaired) electrons. The first kappa shape index (κ1) is 15.1. The lowest BCUT2D eigenvalue weighted by Crippen LogP contribution is -2.50. The van der Waals surface area contributed by atoms with Gasteiger partial charge in [-0.2, -0.15) is 0 Å². The van der Waals surface area contributed by atoms with E-state index in [1.807, 2.05) is 0 Å². The molecule has 1 spiro atoms. The Labute approximate surface area is 117 Å². The van der Waals surface area contributed by atoms with Gasteiger partial charge in [0.15, 0.2) is 11.6 Å². The number of ketones is 2. The summed E-state index contributed by atoms with van der Waals surface area (Å²) in [5.74, 6) is -1.97. The van der Waals surface area contributed by atoms with Gasteiger partial charge in [0.1, 0.15) is 11.5 Å². The summed E-state index contributed by atoms with van der Waals surface area (Å²) in [6, 6.07) is 0. The molecule has 2 aliphatic rings. The van der Waals surface area contributed by atoms with Gasteiger partial charge in [-0.3, -0.25) is 9.59 Å². The molecule has 0 aromatic rings. The van der Waals surface area contributed by atoms with Crippen LogP contribution in [0.25, 0.3) is 0 Å². The fourth-order valence-corrected chi connectivity index (χ4v) is 2.89. The van der Waals surface area contributed by atoms with E-state index in [0.29, 0.717) is 12.0 Å². The molecule has 1 aliphatic carbocycles. The Bertz CT molecular complexity index is 490. The quantitative estimate of drug-likeness (QED) is 0.582. The molecule has 20 heavy (non-hydrogen) atoms. The smallest absolute Gasteiger partial charge is 0.181 e. The third-order valence-electron chi connectivity index (χ3n) is 4.07. The van der Waals surface area contributed by atoms with Crippen molar-refractivity contribution in [3.63, 3.8) is 0 Å². The molecule has 0 aromatic carbocycles. The van der Waals surface area contributed by atoms with Crippen molar-refractivity contribution in [2.75, 3.05) is 6.61 Å². The highest BCUT2D eigenvalue weighted by Gasteiger charge is 2.58. The van der Waals surface area contributed by atoms with Gasteiger partial charge in [0, 0.05) is 6.42 Å². The molecular weight excluding hydrogens is 260 g/mol. The highest BCUT2D eigenvalue weighted by atomic mass is 16.6. The second-order valence-corrected chi connectivity index (χ2v) is 5.94. The molecule has 1 saturated heterocycles. The SMILES string of the molecule is C=CCC1=C[C@]2(C[C@@H](O)C(C)(C)O2)C(=O)C(CO)C1=O. The molecule has 3 atom stereocenters. The van der Waals surface area contributed by atoms with Crippen LogP contribution in [0.4, 0.5) is 0 Å². The minimum Gasteiger partial charge on any atom is -0.395 e. The molecule has 5 heteroatoms. The average molecular weight is 280 g/mol. The van der Waals surface area contributed by atoms with Gasteiger partial charge in [0.25, 0.3) is 0 Å². The van der Waals surface area contributed by atoms with Gasteiger partial charge in [0.05, 0.1) is 18.3 Å². The number of aliphatic hydroxyl groups excluding tert-OH is 2. The van der Waals surface area contributed by atoms with Gasteiger partial charge in [-0.1, -0.05) is 6.08 Å². The van der Waals surface area contributed by atoms with Crippen LogP contribution in [0.15, 0.2) is 24.3 Å². The van der Waals surface area contributed by atoms with Gasteiger partial charge < -0.3 is 14.9 Å². The molecule has 2 N–H and O–H groups in total. The van der Waals surface area contributed by atoms with Crippen molar-refractivity contribution in [2.45, 2.75) is 44.0 Å². The first-order valence-corrected chi connectivity index (χ1v) is 6.67. The van der Waals surface area contributed by atoms with Crippen LogP contribution in [0, 0.1) is 5.92 Å². The topological polar surface area (TPSA) is 83.8 Å². The summed E-state index contributed by atoms with van der Waals surface area (Å²) >= 11 is 0. The zero-order chi connectivity index (χ0) is 15.1. The first-order chi connectivity index (χ1) is 9.27. The third-order valence-corrected chi connectivity index (χ3v) is 4.07. The maximum Gasteiger partial charge on any atom is 0.181 e. The van der Waals surface area contributed by atoms with Crippen molar-refractivity contribution >= 4 is 11.6 Å². The van der Waals surface area contributed by atoms with E-state index in [9.17, 15) is 19.8 Å². The minimum atomic E-state index is -1.32. The zero-order valence-corrected chi connectivity index (χ0v) is 11.8.